The Labute approximate surface area is 150 Å². The standard InChI is InChI=1S/C18H17ClO6/c1-22-13-6-4-5-11(7-13)15(20)10-25-18(21)12-8-14(19)17(24-3)16(9-12)23-2/h4-9H,10H2,1-3H3. The van der Waals surface area contributed by atoms with Crippen molar-refractivity contribution in [2.45, 2.75) is 0 Å². The fourth-order valence-corrected chi connectivity index (χ4v) is 2.42. The topological polar surface area (TPSA) is 71.1 Å². The monoisotopic (exact) mass is 364 g/mol. The van der Waals surface area contributed by atoms with Crippen LogP contribution < -0.4 is 14.2 Å². The van der Waals surface area contributed by atoms with Crippen LogP contribution in [0.15, 0.2) is 36.4 Å². The Morgan fingerprint density at radius 2 is 1.72 bits per heavy atom. The number of carbonyl (C=O) groups excluding carboxylic acids is 2. The van der Waals surface area contributed by atoms with Crippen molar-refractivity contribution in [1.29, 1.82) is 0 Å². The largest absolute Gasteiger partial charge is 0.497 e. The normalized spacial score (nSPS) is 10.1. The number of ketones is 1. The zero-order valence-electron chi connectivity index (χ0n) is 14.0. The number of ether oxygens (including phenoxy) is 4. The molecule has 0 aromatic heterocycles. The van der Waals surface area contributed by atoms with Crippen LogP contribution in [0.1, 0.15) is 20.7 Å². The van der Waals surface area contributed by atoms with Crippen molar-refractivity contribution in [3.63, 3.8) is 0 Å². The summed E-state index contributed by atoms with van der Waals surface area (Å²) >= 11 is 6.06. The first-order chi connectivity index (χ1) is 12.0. The lowest BCUT2D eigenvalue weighted by molar-refractivity contribution is 0.0474. The van der Waals surface area contributed by atoms with Crippen LogP contribution in [0.2, 0.25) is 5.02 Å². The van der Waals surface area contributed by atoms with Gasteiger partial charge >= 0.3 is 5.97 Å². The summed E-state index contributed by atoms with van der Waals surface area (Å²) in [5, 5.41) is 0.202. The summed E-state index contributed by atoms with van der Waals surface area (Å²) in [7, 11) is 4.37. The Balaban J connectivity index is 2.09. The van der Waals surface area contributed by atoms with Crippen molar-refractivity contribution >= 4 is 23.4 Å². The number of benzene rings is 2. The molecule has 0 fully saturated rings. The van der Waals surface area contributed by atoms with Crippen LogP contribution in [0.25, 0.3) is 0 Å². The maximum Gasteiger partial charge on any atom is 0.338 e. The summed E-state index contributed by atoms with van der Waals surface area (Å²) in [6.45, 7) is -0.405. The molecule has 2 aromatic carbocycles. The van der Waals surface area contributed by atoms with Gasteiger partial charge in [-0.3, -0.25) is 4.79 Å². The lowest BCUT2D eigenvalue weighted by atomic mass is 10.1. The molecule has 6 nitrogen and oxygen atoms in total. The summed E-state index contributed by atoms with van der Waals surface area (Å²) in [6, 6.07) is 9.41. The maximum atomic E-state index is 12.2. The Morgan fingerprint density at radius 3 is 2.36 bits per heavy atom. The average Bonchev–Trinajstić information content (AvgIpc) is 2.64. The number of carbonyl (C=O) groups is 2. The summed E-state index contributed by atoms with van der Waals surface area (Å²) in [5.41, 5.74) is 0.540. The minimum Gasteiger partial charge on any atom is -0.497 e. The van der Waals surface area contributed by atoms with Gasteiger partial charge in [0.25, 0.3) is 0 Å². The molecule has 0 aliphatic heterocycles. The molecule has 0 saturated heterocycles. The molecule has 2 aromatic rings. The van der Waals surface area contributed by atoms with Gasteiger partial charge in [0.1, 0.15) is 5.75 Å². The highest BCUT2D eigenvalue weighted by Gasteiger charge is 2.17. The maximum absolute atomic E-state index is 12.2. The zero-order chi connectivity index (χ0) is 18.4. The van der Waals surface area contributed by atoms with E-state index in [1.165, 1.54) is 33.5 Å². The molecule has 0 amide bonds. The van der Waals surface area contributed by atoms with Gasteiger partial charge in [0, 0.05) is 5.56 Å². The molecule has 0 saturated carbocycles. The second kappa shape index (κ2) is 8.39. The van der Waals surface area contributed by atoms with Gasteiger partial charge in [0.05, 0.1) is 31.9 Å². The Morgan fingerprint density at radius 1 is 0.960 bits per heavy atom. The zero-order valence-corrected chi connectivity index (χ0v) is 14.8. The number of Topliss-reactive ketones (excluding diaryl/α,β-unsaturated/α-hetero) is 1. The molecule has 0 aliphatic carbocycles. The van der Waals surface area contributed by atoms with Gasteiger partial charge in [0.15, 0.2) is 23.9 Å². The minimum absolute atomic E-state index is 0.154. The van der Waals surface area contributed by atoms with E-state index in [-0.39, 0.29) is 16.4 Å². The molecule has 2 rings (SSSR count). The molecule has 0 radical (unpaired) electrons. The first kappa shape index (κ1) is 18.6. The second-order valence-electron chi connectivity index (χ2n) is 4.92. The molecule has 0 atom stereocenters. The highest BCUT2D eigenvalue weighted by molar-refractivity contribution is 6.32. The summed E-state index contributed by atoms with van der Waals surface area (Å²) < 4.78 is 20.4. The minimum atomic E-state index is -0.695. The quantitative estimate of drug-likeness (QED) is 0.554. The van der Waals surface area contributed by atoms with Crippen LogP contribution in [0.5, 0.6) is 17.2 Å². The molecule has 132 valence electrons. The van der Waals surface area contributed by atoms with Crippen molar-refractivity contribution in [2.75, 3.05) is 27.9 Å². The van der Waals surface area contributed by atoms with E-state index in [9.17, 15) is 9.59 Å². The van der Waals surface area contributed by atoms with Crippen LogP contribution in [-0.2, 0) is 4.74 Å². The van der Waals surface area contributed by atoms with E-state index in [0.29, 0.717) is 22.8 Å². The Kier molecular flexibility index (Phi) is 6.25. The lowest BCUT2D eigenvalue weighted by Gasteiger charge is -2.11. The van der Waals surface area contributed by atoms with Crippen LogP contribution in [0, 0.1) is 0 Å². The molecule has 0 heterocycles. The Bertz CT molecular complexity index is 787. The van der Waals surface area contributed by atoms with E-state index >= 15 is 0 Å². The van der Waals surface area contributed by atoms with Gasteiger partial charge in [-0.1, -0.05) is 23.7 Å². The first-order valence-corrected chi connectivity index (χ1v) is 7.63. The van der Waals surface area contributed by atoms with Crippen molar-refractivity contribution < 1.29 is 28.5 Å². The predicted molar refractivity (Wildman–Crippen MR) is 92.2 cm³/mol. The number of hydrogen-bond acceptors (Lipinski definition) is 6. The molecule has 25 heavy (non-hydrogen) atoms. The number of hydrogen-bond donors (Lipinski definition) is 0. The molecular weight excluding hydrogens is 348 g/mol. The van der Waals surface area contributed by atoms with E-state index in [1.54, 1.807) is 24.3 Å². The third kappa shape index (κ3) is 4.42. The van der Waals surface area contributed by atoms with Crippen molar-refractivity contribution in [3.05, 3.63) is 52.5 Å². The number of rotatable bonds is 7. The smallest absolute Gasteiger partial charge is 0.338 e. The van der Waals surface area contributed by atoms with Gasteiger partial charge < -0.3 is 18.9 Å². The fourth-order valence-electron chi connectivity index (χ4n) is 2.13. The van der Waals surface area contributed by atoms with Gasteiger partial charge in [-0.05, 0) is 24.3 Å². The molecule has 0 N–H and O–H groups in total. The third-order valence-corrected chi connectivity index (χ3v) is 3.68. The van der Waals surface area contributed by atoms with E-state index in [2.05, 4.69) is 0 Å². The predicted octanol–water partition coefficient (Wildman–Crippen LogP) is 3.41. The molecule has 0 aliphatic rings. The number of methoxy groups -OCH3 is 3. The highest BCUT2D eigenvalue weighted by Crippen LogP contribution is 2.36. The fraction of sp³-hybridized carbons (Fsp3) is 0.222. The summed E-state index contributed by atoms with van der Waals surface area (Å²) in [5.74, 6) is 0.107. The average molecular weight is 365 g/mol. The van der Waals surface area contributed by atoms with Gasteiger partial charge in [-0.15, -0.1) is 0 Å². The lowest BCUT2D eigenvalue weighted by Crippen LogP contribution is -2.14. The third-order valence-electron chi connectivity index (χ3n) is 3.40. The number of halogens is 1. The molecule has 0 spiro atoms. The first-order valence-electron chi connectivity index (χ1n) is 7.26. The summed E-state index contributed by atoms with van der Waals surface area (Å²) in [4.78, 5) is 24.3. The Hall–Kier alpha value is -2.73. The number of esters is 1. The van der Waals surface area contributed by atoms with E-state index in [4.69, 9.17) is 30.5 Å². The van der Waals surface area contributed by atoms with Crippen LogP contribution in [0.3, 0.4) is 0 Å². The molecule has 7 heteroatoms. The van der Waals surface area contributed by atoms with Crippen molar-refractivity contribution in [1.82, 2.24) is 0 Å². The van der Waals surface area contributed by atoms with Crippen molar-refractivity contribution in [3.8, 4) is 17.2 Å². The van der Waals surface area contributed by atoms with Crippen LogP contribution in [-0.4, -0.2) is 39.7 Å². The van der Waals surface area contributed by atoms with Gasteiger partial charge in [0.2, 0.25) is 0 Å². The molecule has 0 unspecified atom stereocenters. The van der Waals surface area contributed by atoms with E-state index < -0.39 is 12.6 Å². The second-order valence-corrected chi connectivity index (χ2v) is 5.33. The highest BCUT2D eigenvalue weighted by atomic mass is 35.5. The van der Waals surface area contributed by atoms with Crippen molar-refractivity contribution in [2.24, 2.45) is 0 Å². The summed E-state index contributed by atoms with van der Waals surface area (Å²) in [6.07, 6.45) is 0. The van der Waals surface area contributed by atoms with E-state index in [0.717, 1.165) is 0 Å². The molecular formula is C18H17ClO6. The SMILES string of the molecule is COc1cccc(C(=O)COC(=O)c2cc(Cl)c(OC)c(OC)c2)c1. The van der Waals surface area contributed by atoms with Gasteiger partial charge in [-0.25, -0.2) is 4.79 Å². The van der Waals surface area contributed by atoms with Gasteiger partial charge in [-0.2, -0.15) is 0 Å². The van der Waals surface area contributed by atoms with E-state index in [1.807, 2.05) is 0 Å². The van der Waals surface area contributed by atoms with Crippen LogP contribution in [0.4, 0.5) is 0 Å². The molecule has 0 bridgehead atoms. The van der Waals surface area contributed by atoms with Crippen LogP contribution >= 0.6 is 11.6 Å².